The first-order valence-corrected chi connectivity index (χ1v) is 7.53. The Balaban J connectivity index is 2.00. The lowest BCUT2D eigenvalue weighted by Crippen LogP contribution is -2.28. The zero-order chi connectivity index (χ0) is 14.4. The summed E-state index contributed by atoms with van der Waals surface area (Å²) < 4.78 is 0. The van der Waals surface area contributed by atoms with Crippen LogP contribution in [0.4, 0.5) is 0 Å². The van der Waals surface area contributed by atoms with Crippen LogP contribution in [0.1, 0.15) is 24.4 Å². The molecule has 1 aromatic carbocycles. The molecule has 0 radical (unpaired) electrons. The summed E-state index contributed by atoms with van der Waals surface area (Å²) >= 11 is 1.58. The number of nitrogens with one attached hydrogen (secondary N) is 2. The largest absolute Gasteiger partial charge is 0.347 e. The van der Waals surface area contributed by atoms with Gasteiger partial charge in [-0.15, -0.1) is 11.3 Å². The fraction of sp³-hybridized carbons (Fsp3) is 0.333. The zero-order valence-corrected chi connectivity index (χ0v) is 12.5. The van der Waals surface area contributed by atoms with Gasteiger partial charge in [-0.05, 0) is 14.0 Å². The van der Waals surface area contributed by atoms with Crippen molar-refractivity contribution in [2.45, 2.75) is 19.4 Å². The van der Waals surface area contributed by atoms with E-state index in [1.54, 1.807) is 11.3 Å². The molecule has 1 amide bonds. The minimum absolute atomic E-state index is 0.0447. The lowest BCUT2D eigenvalue weighted by Gasteiger charge is -2.10. The van der Waals surface area contributed by atoms with E-state index in [-0.39, 0.29) is 11.9 Å². The molecule has 0 aliphatic rings. The van der Waals surface area contributed by atoms with Gasteiger partial charge in [0.1, 0.15) is 5.01 Å². The first-order chi connectivity index (χ1) is 9.70. The summed E-state index contributed by atoms with van der Waals surface area (Å²) in [5.74, 6) is 0.0447. The molecule has 20 heavy (non-hydrogen) atoms. The van der Waals surface area contributed by atoms with Crippen molar-refractivity contribution in [3.63, 3.8) is 0 Å². The summed E-state index contributed by atoms with van der Waals surface area (Å²) in [5.41, 5.74) is 2.06. The molecular weight excluding hydrogens is 270 g/mol. The van der Waals surface area contributed by atoms with Crippen molar-refractivity contribution in [2.75, 3.05) is 13.6 Å². The van der Waals surface area contributed by atoms with Crippen LogP contribution in [0.15, 0.2) is 35.7 Å². The molecule has 1 atom stereocenters. The maximum absolute atomic E-state index is 11.7. The molecule has 2 N–H and O–H groups in total. The number of benzene rings is 1. The predicted molar refractivity (Wildman–Crippen MR) is 82.7 cm³/mol. The topological polar surface area (TPSA) is 54.0 Å². The Morgan fingerprint density at radius 3 is 2.80 bits per heavy atom. The first kappa shape index (κ1) is 14.7. The second-order valence-corrected chi connectivity index (χ2v) is 5.47. The van der Waals surface area contributed by atoms with Crippen LogP contribution in [0.3, 0.4) is 0 Å². The molecule has 1 unspecified atom stereocenters. The second kappa shape index (κ2) is 7.17. The molecule has 1 heterocycles. The Morgan fingerprint density at radius 1 is 1.35 bits per heavy atom. The Morgan fingerprint density at radius 2 is 2.10 bits per heavy atom. The summed E-state index contributed by atoms with van der Waals surface area (Å²) in [6, 6.07) is 10.0. The lowest BCUT2D eigenvalue weighted by molar-refractivity contribution is -0.121. The van der Waals surface area contributed by atoms with E-state index in [0.29, 0.717) is 13.0 Å². The number of aromatic nitrogens is 1. The zero-order valence-electron chi connectivity index (χ0n) is 11.7. The summed E-state index contributed by atoms with van der Waals surface area (Å²) in [5, 5.41) is 8.89. The molecule has 1 aromatic heterocycles. The Bertz CT molecular complexity index is 553. The standard InChI is InChI=1S/C15H19N3OS/c1-11(17-14(19)8-9-16-2)15-18-13(10-20-15)12-6-4-3-5-7-12/h3-7,10-11,16H,8-9H2,1-2H3,(H,17,19). The molecule has 4 nitrogen and oxygen atoms in total. The molecule has 0 aliphatic heterocycles. The molecule has 0 saturated carbocycles. The maximum atomic E-state index is 11.7. The number of amides is 1. The van der Waals surface area contributed by atoms with Gasteiger partial charge in [-0.1, -0.05) is 30.3 Å². The van der Waals surface area contributed by atoms with Gasteiger partial charge in [-0.2, -0.15) is 0 Å². The van der Waals surface area contributed by atoms with Gasteiger partial charge < -0.3 is 10.6 Å². The molecular formula is C15H19N3OS. The third kappa shape index (κ3) is 3.88. The first-order valence-electron chi connectivity index (χ1n) is 6.65. The molecule has 2 rings (SSSR count). The van der Waals surface area contributed by atoms with E-state index in [1.165, 1.54) is 0 Å². The van der Waals surface area contributed by atoms with Gasteiger partial charge in [-0.25, -0.2) is 4.98 Å². The van der Waals surface area contributed by atoms with Gasteiger partial charge in [-0.3, -0.25) is 4.79 Å². The van der Waals surface area contributed by atoms with Crippen LogP contribution in [0.5, 0.6) is 0 Å². The summed E-state index contributed by atoms with van der Waals surface area (Å²) in [7, 11) is 1.84. The van der Waals surface area contributed by atoms with Gasteiger partial charge in [0.15, 0.2) is 0 Å². The van der Waals surface area contributed by atoms with Crippen LogP contribution in [0.25, 0.3) is 11.3 Å². The van der Waals surface area contributed by atoms with Gasteiger partial charge in [0.2, 0.25) is 5.91 Å². The van der Waals surface area contributed by atoms with Crippen LogP contribution >= 0.6 is 11.3 Å². The number of hydrogen-bond donors (Lipinski definition) is 2. The Kier molecular flexibility index (Phi) is 5.26. The summed E-state index contributed by atoms with van der Waals surface area (Å²) in [4.78, 5) is 16.3. The summed E-state index contributed by atoms with van der Waals surface area (Å²) in [6.45, 7) is 2.65. The molecule has 106 valence electrons. The SMILES string of the molecule is CNCCC(=O)NC(C)c1nc(-c2ccccc2)cs1. The minimum Gasteiger partial charge on any atom is -0.347 e. The number of carbonyl (C=O) groups is 1. The normalized spacial score (nSPS) is 12.1. The van der Waals surface area contributed by atoms with Crippen LogP contribution in [-0.2, 0) is 4.79 Å². The van der Waals surface area contributed by atoms with E-state index in [1.807, 2.05) is 49.7 Å². The van der Waals surface area contributed by atoms with Crippen molar-refractivity contribution < 1.29 is 4.79 Å². The van der Waals surface area contributed by atoms with Crippen LogP contribution in [0, 0.1) is 0 Å². The highest BCUT2D eigenvalue weighted by Crippen LogP contribution is 2.25. The smallest absolute Gasteiger partial charge is 0.221 e. The van der Waals surface area contributed by atoms with Gasteiger partial charge in [0, 0.05) is 23.9 Å². The Labute approximate surface area is 123 Å². The molecule has 0 bridgehead atoms. The van der Waals surface area contributed by atoms with E-state index in [4.69, 9.17) is 0 Å². The van der Waals surface area contributed by atoms with Crippen molar-refractivity contribution in [2.24, 2.45) is 0 Å². The fourth-order valence-electron chi connectivity index (χ4n) is 1.84. The number of thiazole rings is 1. The number of carbonyl (C=O) groups excluding carboxylic acids is 1. The maximum Gasteiger partial charge on any atom is 0.221 e. The number of hydrogen-bond acceptors (Lipinski definition) is 4. The molecule has 5 heteroatoms. The van der Waals surface area contributed by atoms with E-state index < -0.39 is 0 Å². The molecule has 2 aromatic rings. The average molecular weight is 289 g/mol. The fourth-order valence-corrected chi connectivity index (χ4v) is 2.68. The monoisotopic (exact) mass is 289 g/mol. The summed E-state index contributed by atoms with van der Waals surface area (Å²) in [6.07, 6.45) is 0.484. The van der Waals surface area contributed by atoms with Gasteiger partial charge in [0.25, 0.3) is 0 Å². The van der Waals surface area contributed by atoms with E-state index in [2.05, 4.69) is 15.6 Å². The highest BCUT2D eigenvalue weighted by molar-refractivity contribution is 7.10. The van der Waals surface area contributed by atoms with Crippen LogP contribution in [-0.4, -0.2) is 24.5 Å². The van der Waals surface area contributed by atoms with Crippen molar-refractivity contribution in [3.05, 3.63) is 40.7 Å². The molecule has 0 fully saturated rings. The van der Waals surface area contributed by atoms with Crippen molar-refractivity contribution in [1.82, 2.24) is 15.6 Å². The average Bonchev–Trinajstić information content (AvgIpc) is 2.96. The molecule has 0 spiro atoms. The van der Waals surface area contributed by atoms with Gasteiger partial charge in [0.05, 0.1) is 11.7 Å². The van der Waals surface area contributed by atoms with Gasteiger partial charge >= 0.3 is 0 Å². The second-order valence-electron chi connectivity index (χ2n) is 4.58. The van der Waals surface area contributed by atoms with Crippen LogP contribution < -0.4 is 10.6 Å². The highest BCUT2D eigenvalue weighted by atomic mass is 32.1. The van der Waals surface area contributed by atoms with E-state index >= 15 is 0 Å². The van der Waals surface area contributed by atoms with E-state index in [9.17, 15) is 4.79 Å². The van der Waals surface area contributed by atoms with Crippen molar-refractivity contribution in [3.8, 4) is 11.3 Å². The Hall–Kier alpha value is -1.72. The quantitative estimate of drug-likeness (QED) is 0.859. The third-order valence-electron chi connectivity index (χ3n) is 2.94. The third-order valence-corrected chi connectivity index (χ3v) is 3.97. The van der Waals surface area contributed by atoms with E-state index in [0.717, 1.165) is 16.3 Å². The lowest BCUT2D eigenvalue weighted by atomic mass is 10.2. The minimum atomic E-state index is -0.0539. The number of nitrogens with zero attached hydrogens (tertiary/aromatic N) is 1. The number of rotatable bonds is 6. The van der Waals surface area contributed by atoms with Crippen molar-refractivity contribution in [1.29, 1.82) is 0 Å². The molecule has 0 saturated heterocycles. The molecule has 0 aliphatic carbocycles. The highest BCUT2D eigenvalue weighted by Gasteiger charge is 2.13. The predicted octanol–water partition coefficient (Wildman–Crippen LogP) is 2.60. The van der Waals surface area contributed by atoms with Crippen molar-refractivity contribution >= 4 is 17.2 Å². The van der Waals surface area contributed by atoms with Crippen LogP contribution in [0.2, 0.25) is 0 Å².